The van der Waals surface area contributed by atoms with E-state index in [0.717, 1.165) is 0 Å². The lowest BCUT2D eigenvalue weighted by atomic mass is 10.2. The van der Waals surface area contributed by atoms with E-state index in [9.17, 15) is 8.42 Å². The van der Waals surface area contributed by atoms with Crippen LogP contribution in [0.5, 0.6) is 0 Å². The molecule has 3 heterocycles. The van der Waals surface area contributed by atoms with Crippen LogP contribution in [0.15, 0.2) is 46.5 Å². The third kappa shape index (κ3) is 3.02. The number of rotatable bonds is 3. The number of H-pyrrole nitrogens is 1. The molecule has 27 heavy (non-hydrogen) atoms. The summed E-state index contributed by atoms with van der Waals surface area (Å²) in [6.07, 6.45) is 1.46. The monoisotopic (exact) mass is 387 g/mol. The SMILES string of the molecule is C[C@@H]1CN(c2ncnc3c(S(=O)(=O)c4ccccc4)c(N)[nH]c23)C[C@@H](C)O1. The number of aromatic nitrogens is 3. The van der Waals surface area contributed by atoms with Crippen LogP contribution in [0.4, 0.5) is 11.6 Å². The fourth-order valence-corrected chi connectivity index (χ4v) is 5.06. The minimum absolute atomic E-state index is 0.0123. The molecule has 2 aromatic heterocycles. The fourth-order valence-electron chi connectivity index (χ4n) is 3.56. The second kappa shape index (κ2) is 6.50. The molecule has 2 atom stereocenters. The minimum Gasteiger partial charge on any atom is -0.384 e. The first kappa shape index (κ1) is 17.7. The van der Waals surface area contributed by atoms with E-state index < -0.39 is 9.84 Å². The molecule has 0 aliphatic carbocycles. The van der Waals surface area contributed by atoms with E-state index >= 15 is 0 Å². The quantitative estimate of drug-likeness (QED) is 0.706. The van der Waals surface area contributed by atoms with Crippen molar-refractivity contribution in [1.82, 2.24) is 15.0 Å². The Hall–Kier alpha value is -2.65. The number of hydrogen-bond donors (Lipinski definition) is 2. The third-order valence-electron chi connectivity index (χ3n) is 4.59. The van der Waals surface area contributed by atoms with Crippen LogP contribution >= 0.6 is 0 Å². The number of fused-ring (bicyclic) bond motifs is 1. The van der Waals surface area contributed by atoms with E-state index in [4.69, 9.17) is 10.5 Å². The first-order valence-corrected chi connectivity index (χ1v) is 10.2. The van der Waals surface area contributed by atoms with Crippen molar-refractivity contribution in [1.29, 1.82) is 0 Å². The molecule has 0 amide bonds. The molecule has 1 aliphatic heterocycles. The number of sulfone groups is 1. The average molecular weight is 387 g/mol. The summed E-state index contributed by atoms with van der Waals surface area (Å²) in [4.78, 5) is 13.8. The van der Waals surface area contributed by atoms with E-state index in [-0.39, 0.29) is 27.8 Å². The number of nitrogens with zero attached hydrogens (tertiary/aromatic N) is 3. The van der Waals surface area contributed by atoms with Crippen LogP contribution in [0, 0.1) is 0 Å². The van der Waals surface area contributed by atoms with E-state index in [1.54, 1.807) is 30.3 Å². The van der Waals surface area contributed by atoms with E-state index in [1.165, 1.54) is 6.33 Å². The average Bonchev–Trinajstić information content (AvgIpc) is 2.98. The van der Waals surface area contributed by atoms with Gasteiger partial charge in [-0.15, -0.1) is 0 Å². The summed E-state index contributed by atoms with van der Waals surface area (Å²) in [7, 11) is -3.81. The molecule has 0 radical (unpaired) electrons. The van der Waals surface area contributed by atoms with Gasteiger partial charge >= 0.3 is 0 Å². The van der Waals surface area contributed by atoms with E-state index in [1.807, 2.05) is 13.8 Å². The van der Waals surface area contributed by atoms with Crippen LogP contribution in [0.3, 0.4) is 0 Å². The number of benzene rings is 1. The van der Waals surface area contributed by atoms with Crippen LogP contribution in [-0.4, -0.2) is 48.7 Å². The van der Waals surface area contributed by atoms with Gasteiger partial charge in [-0.3, -0.25) is 0 Å². The Morgan fingerprint density at radius 2 is 1.81 bits per heavy atom. The molecule has 0 saturated carbocycles. The Bertz CT molecular complexity index is 1070. The molecule has 1 saturated heterocycles. The Labute approximate surface area is 157 Å². The largest absolute Gasteiger partial charge is 0.384 e. The lowest BCUT2D eigenvalue weighted by molar-refractivity contribution is -0.00538. The van der Waals surface area contributed by atoms with Crippen molar-refractivity contribution in [2.75, 3.05) is 23.7 Å². The van der Waals surface area contributed by atoms with Crippen LogP contribution in [0.25, 0.3) is 11.0 Å². The van der Waals surface area contributed by atoms with Crippen molar-refractivity contribution in [3.8, 4) is 0 Å². The lowest BCUT2D eigenvalue weighted by Crippen LogP contribution is -2.46. The van der Waals surface area contributed by atoms with Crippen molar-refractivity contribution < 1.29 is 13.2 Å². The third-order valence-corrected chi connectivity index (χ3v) is 6.43. The van der Waals surface area contributed by atoms with Crippen molar-refractivity contribution in [3.05, 3.63) is 36.7 Å². The second-order valence-corrected chi connectivity index (χ2v) is 8.65. The predicted molar refractivity (Wildman–Crippen MR) is 102 cm³/mol. The second-order valence-electron chi connectivity index (χ2n) is 6.77. The molecule has 1 aliphatic rings. The number of ether oxygens (including phenoxy) is 1. The molecule has 0 unspecified atom stereocenters. The molecular weight excluding hydrogens is 366 g/mol. The van der Waals surface area contributed by atoms with Gasteiger partial charge in [-0.2, -0.15) is 0 Å². The van der Waals surface area contributed by atoms with Gasteiger partial charge in [0.25, 0.3) is 0 Å². The Kier molecular flexibility index (Phi) is 4.27. The van der Waals surface area contributed by atoms with Gasteiger partial charge in [-0.05, 0) is 26.0 Å². The summed E-state index contributed by atoms with van der Waals surface area (Å²) < 4.78 is 32.0. The highest BCUT2D eigenvalue weighted by Gasteiger charge is 2.30. The number of nitrogen functional groups attached to an aromatic ring is 1. The molecule has 0 spiro atoms. The standard InChI is InChI=1S/C18H21N5O3S/c1-11-8-23(9-12(2)26-11)18-15-14(20-10-21-18)16(17(19)22-15)27(24,25)13-6-4-3-5-7-13/h3-7,10-12,22H,8-9,19H2,1-2H3/t11-,12-/m1/s1. The molecule has 1 fully saturated rings. The van der Waals surface area contributed by atoms with Gasteiger partial charge in [0, 0.05) is 13.1 Å². The topological polar surface area (TPSA) is 114 Å². The van der Waals surface area contributed by atoms with Crippen LogP contribution in [0.1, 0.15) is 13.8 Å². The maximum absolute atomic E-state index is 13.1. The summed E-state index contributed by atoms with van der Waals surface area (Å²) in [5, 5.41) is 0. The van der Waals surface area contributed by atoms with Gasteiger partial charge in [-0.1, -0.05) is 18.2 Å². The fraction of sp³-hybridized carbons (Fsp3) is 0.333. The maximum Gasteiger partial charge on any atom is 0.212 e. The normalized spacial score (nSPS) is 20.9. The van der Waals surface area contributed by atoms with E-state index in [2.05, 4.69) is 19.9 Å². The number of aromatic amines is 1. The lowest BCUT2D eigenvalue weighted by Gasteiger charge is -2.36. The highest BCUT2D eigenvalue weighted by molar-refractivity contribution is 7.92. The number of hydrogen-bond acceptors (Lipinski definition) is 7. The first-order valence-electron chi connectivity index (χ1n) is 8.70. The van der Waals surface area contributed by atoms with Gasteiger partial charge in [0.1, 0.15) is 28.1 Å². The number of anilines is 2. The van der Waals surface area contributed by atoms with Crippen LogP contribution < -0.4 is 10.6 Å². The van der Waals surface area contributed by atoms with Crippen molar-refractivity contribution in [2.45, 2.75) is 35.8 Å². The zero-order valence-corrected chi connectivity index (χ0v) is 15.9. The summed E-state index contributed by atoms with van der Waals surface area (Å²) in [5.41, 5.74) is 6.90. The summed E-state index contributed by atoms with van der Waals surface area (Å²) >= 11 is 0. The van der Waals surface area contributed by atoms with E-state index in [0.29, 0.717) is 29.9 Å². The highest BCUT2D eigenvalue weighted by atomic mass is 32.2. The van der Waals surface area contributed by atoms with Crippen LogP contribution in [0.2, 0.25) is 0 Å². The molecule has 8 nitrogen and oxygen atoms in total. The first-order chi connectivity index (χ1) is 12.9. The molecule has 3 N–H and O–H groups in total. The van der Waals surface area contributed by atoms with Gasteiger partial charge in [0.2, 0.25) is 9.84 Å². The summed E-state index contributed by atoms with van der Waals surface area (Å²) in [6, 6.07) is 8.20. The van der Waals surface area contributed by atoms with Gasteiger partial charge in [0.15, 0.2) is 5.82 Å². The molecule has 1 aromatic carbocycles. The summed E-state index contributed by atoms with van der Waals surface area (Å²) in [5.74, 6) is 0.688. The highest BCUT2D eigenvalue weighted by Crippen LogP contribution is 2.35. The van der Waals surface area contributed by atoms with Crippen molar-refractivity contribution in [2.24, 2.45) is 0 Å². The number of nitrogens with two attached hydrogens (primary N) is 1. The zero-order valence-electron chi connectivity index (χ0n) is 15.1. The van der Waals surface area contributed by atoms with Crippen molar-refractivity contribution >= 4 is 32.5 Å². The Morgan fingerprint density at radius 3 is 2.48 bits per heavy atom. The maximum atomic E-state index is 13.1. The molecule has 142 valence electrons. The van der Waals surface area contributed by atoms with Crippen LogP contribution in [-0.2, 0) is 14.6 Å². The molecule has 3 aromatic rings. The minimum atomic E-state index is -3.81. The molecule has 0 bridgehead atoms. The van der Waals surface area contributed by atoms with Gasteiger partial charge in [0.05, 0.1) is 17.1 Å². The van der Waals surface area contributed by atoms with Crippen molar-refractivity contribution in [3.63, 3.8) is 0 Å². The smallest absolute Gasteiger partial charge is 0.212 e. The number of morpholine rings is 1. The van der Waals surface area contributed by atoms with Gasteiger partial charge in [-0.25, -0.2) is 18.4 Å². The Balaban J connectivity index is 1.87. The summed E-state index contributed by atoms with van der Waals surface area (Å²) in [6.45, 7) is 5.29. The van der Waals surface area contributed by atoms with Gasteiger partial charge < -0.3 is 20.4 Å². The Morgan fingerprint density at radius 1 is 1.15 bits per heavy atom. The predicted octanol–water partition coefficient (Wildman–Crippen LogP) is 1.99. The molecule has 4 rings (SSSR count). The molecular formula is C18H21N5O3S. The zero-order chi connectivity index (χ0) is 19.2. The molecule has 9 heteroatoms. The number of nitrogens with one attached hydrogen (secondary N) is 1.